The number of carbonyl (C=O) groups is 1. The van der Waals surface area contributed by atoms with E-state index in [-0.39, 0.29) is 11.4 Å². The fourth-order valence-electron chi connectivity index (χ4n) is 3.06. The second-order valence-electron chi connectivity index (χ2n) is 5.29. The molecule has 1 fully saturated rings. The van der Waals surface area contributed by atoms with Gasteiger partial charge < -0.3 is 4.74 Å². The van der Waals surface area contributed by atoms with Gasteiger partial charge >= 0.3 is 5.97 Å². The number of esters is 1. The van der Waals surface area contributed by atoms with Gasteiger partial charge in [-0.05, 0) is 43.4 Å². The van der Waals surface area contributed by atoms with Gasteiger partial charge in [0.2, 0.25) is 0 Å². The highest BCUT2D eigenvalue weighted by atomic mass is 79.9. The van der Waals surface area contributed by atoms with Crippen molar-refractivity contribution < 1.29 is 9.53 Å². The standard InChI is InChI=1S/C15H19BrO2/c1-3-18-14(17)10-15(8-11(2)9-15)12-5-4-6-13(16)7-12/h4-7,11H,3,8-10H2,1-2H3. The van der Waals surface area contributed by atoms with Crippen LogP contribution in [0.15, 0.2) is 28.7 Å². The third kappa shape index (κ3) is 2.77. The molecule has 0 spiro atoms. The smallest absolute Gasteiger partial charge is 0.306 e. The van der Waals surface area contributed by atoms with Crippen LogP contribution in [-0.4, -0.2) is 12.6 Å². The number of ether oxygens (including phenoxy) is 1. The SMILES string of the molecule is CCOC(=O)CC1(c2cccc(Br)c2)CC(C)C1. The number of rotatable bonds is 4. The van der Waals surface area contributed by atoms with Gasteiger partial charge in [0.05, 0.1) is 13.0 Å². The fourth-order valence-corrected chi connectivity index (χ4v) is 3.46. The molecule has 0 amide bonds. The Labute approximate surface area is 117 Å². The minimum atomic E-state index is -0.0793. The lowest BCUT2D eigenvalue weighted by Gasteiger charge is -2.46. The molecule has 1 aliphatic rings. The Morgan fingerprint density at radius 2 is 2.22 bits per heavy atom. The lowest BCUT2D eigenvalue weighted by molar-refractivity contribution is -0.146. The van der Waals surface area contributed by atoms with Gasteiger partial charge in [-0.15, -0.1) is 0 Å². The van der Waals surface area contributed by atoms with E-state index in [0.717, 1.165) is 17.3 Å². The molecule has 0 saturated heterocycles. The summed E-state index contributed by atoms with van der Waals surface area (Å²) < 4.78 is 6.18. The normalized spacial score (nSPS) is 26.5. The lowest BCUT2D eigenvalue weighted by Crippen LogP contribution is -2.42. The van der Waals surface area contributed by atoms with Crippen LogP contribution >= 0.6 is 15.9 Å². The largest absolute Gasteiger partial charge is 0.466 e. The highest BCUT2D eigenvalue weighted by molar-refractivity contribution is 9.10. The summed E-state index contributed by atoms with van der Waals surface area (Å²) in [5, 5.41) is 0. The first-order valence-electron chi connectivity index (χ1n) is 6.47. The van der Waals surface area contributed by atoms with Gasteiger partial charge in [0.15, 0.2) is 0 Å². The number of halogens is 1. The van der Waals surface area contributed by atoms with Crippen LogP contribution in [0.5, 0.6) is 0 Å². The third-order valence-electron chi connectivity index (χ3n) is 3.70. The molecular formula is C15H19BrO2. The van der Waals surface area contributed by atoms with Crippen molar-refractivity contribution in [2.24, 2.45) is 5.92 Å². The fraction of sp³-hybridized carbons (Fsp3) is 0.533. The average Bonchev–Trinajstić information content (AvgIpc) is 2.26. The molecular weight excluding hydrogens is 292 g/mol. The lowest BCUT2D eigenvalue weighted by atomic mass is 9.57. The molecule has 3 heteroatoms. The van der Waals surface area contributed by atoms with Gasteiger partial charge in [-0.2, -0.15) is 0 Å². The van der Waals surface area contributed by atoms with E-state index in [1.54, 1.807) is 0 Å². The van der Waals surface area contributed by atoms with Crippen LogP contribution in [0, 0.1) is 5.92 Å². The van der Waals surface area contributed by atoms with Crippen LogP contribution in [0.25, 0.3) is 0 Å². The Balaban J connectivity index is 2.20. The van der Waals surface area contributed by atoms with Crippen molar-refractivity contribution in [2.45, 2.75) is 38.5 Å². The van der Waals surface area contributed by atoms with Gasteiger partial charge in [-0.25, -0.2) is 0 Å². The van der Waals surface area contributed by atoms with Gasteiger partial charge in [0, 0.05) is 9.89 Å². The van der Waals surface area contributed by atoms with Crippen molar-refractivity contribution in [3.05, 3.63) is 34.3 Å². The Morgan fingerprint density at radius 3 is 2.78 bits per heavy atom. The van der Waals surface area contributed by atoms with Crippen LogP contribution in [0.2, 0.25) is 0 Å². The zero-order chi connectivity index (χ0) is 13.2. The van der Waals surface area contributed by atoms with E-state index in [4.69, 9.17) is 4.74 Å². The Morgan fingerprint density at radius 1 is 1.50 bits per heavy atom. The number of hydrogen-bond donors (Lipinski definition) is 0. The van der Waals surface area contributed by atoms with Gasteiger partial charge in [0.25, 0.3) is 0 Å². The second-order valence-corrected chi connectivity index (χ2v) is 6.20. The van der Waals surface area contributed by atoms with Crippen molar-refractivity contribution >= 4 is 21.9 Å². The van der Waals surface area contributed by atoms with Crippen molar-refractivity contribution in [3.8, 4) is 0 Å². The monoisotopic (exact) mass is 310 g/mol. The highest BCUT2D eigenvalue weighted by Crippen LogP contribution is 2.50. The number of benzene rings is 1. The molecule has 2 nitrogen and oxygen atoms in total. The molecule has 0 radical (unpaired) electrons. The third-order valence-corrected chi connectivity index (χ3v) is 4.20. The van der Waals surface area contributed by atoms with Crippen molar-refractivity contribution in [3.63, 3.8) is 0 Å². The van der Waals surface area contributed by atoms with E-state index in [0.29, 0.717) is 18.9 Å². The highest BCUT2D eigenvalue weighted by Gasteiger charge is 2.45. The number of hydrogen-bond acceptors (Lipinski definition) is 2. The zero-order valence-electron chi connectivity index (χ0n) is 10.9. The molecule has 98 valence electrons. The molecule has 0 aliphatic heterocycles. The molecule has 2 rings (SSSR count). The maximum absolute atomic E-state index is 11.8. The van der Waals surface area contributed by atoms with Gasteiger partial charge in [-0.1, -0.05) is 35.0 Å². The van der Waals surface area contributed by atoms with Gasteiger partial charge in [-0.3, -0.25) is 4.79 Å². The first kappa shape index (κ1) is 13.6. The minimum absolute atomic E-state index is 0.00451. The predicted octanol–water partition coefficient (Wildman–Crippen LogP) is 4.07. The second kappa shape index (κ2) is 5.43. The first-order valence-corrected chi connectivity index (χ1v) is 7.27. The summed E-state index contributed by atoms with van der Waals surface area (Å²) in [7, 11) is 0. The molecule has 1 aromatic rings. The van der Waals surface area contributed by atoms with Crippen LogP contribution in [0.3, 0.4) is 0 Å². The molecule has 0 bridgehead atoms. The molecule has 1 aliphatic carbocycles. The molecule has 1 aromatic carbocycles. The van der Waals surface area contributed by atoms with Crippen molar-refractivity contribution in [1.82, 2.24) is 0 Å². The summed E-state index contributed by atoms with van der Waals surface area (Å²) in [6.45, 7) is 4.55. The summed E-state index contributed by atoms with van der Waals surface area (Å²) in [5.41, 5.74) is 1.25. The average molecular weight is 311 g/mol. The van der Waals surface area contributed by atoms with E-state index in [1.807, 2.05) is 19.1 Å². The predicted molar refractivity (Wildman–Crippen MR) is 75.5 cm³/mol. The Kier molecular flexibility index (Phi) is 4.10. The summed E-state index contributed by atoms with van der Waals surface area (Å²) in [5.74, 6) is 0.614. The van der Waals surface area contributed by atoms with E-state index >= 15 is 0 Å². The molecule has 0 unspecified atom stereocenters. The van der Waals surface area contributed by atoms with Gasteiger partial charge in [0.1, 0.15) is 0 Å². The quantitative estimate of drug-likeness (QED) is 0.784. The van der Waals surface area contributed by atoms with E-state index in [2.05, 4.69) is 35.0 Å². The maximum Gasteiger partial charge on any atom is 0.306 e. The summed E-state index contributed by atoms with van der Waals surface area (Å²) in [6.07, 6.45) is 2.65. The van der Waals surface area contributed by atoms with Crippen molar-refractivity contribution in [2.75, 3.05) is 6.61 Å². The minimum Gasteiger partial charge on any atom is -0.466 e. The molecule has 0 N–H and O–H groups in total. The Hall–Kier alpha value is -0.830. The maximum atomic E-state index is 11.8. The number of carbonyl (C=O) groups excluding carboxylic acids is 1. The topological polar surface area (TPSA) is 26.3 Å². The summed E-state index contributed by atoms with van der Waals surface area (Å²) >= 11 is 3.50. The summed E-state index contributed by atoms with van der Waals surface area (Å²) in [6, 6.07) is 8.31. The van der Waals surface area contributed by atoms with E-state index in [1.165, 1.54) is 5.56 Å². The zero-order valence-corrected chi connectivity index (χ0v) is 12.5. The molecule has 0 atom stereocenters. The van der Waals surface area contributed by atoms with Crippen molar-refractivity contribution in [1.29, 1.82) is 0 Å². The summed E-state index contributed by atoms with van der Waals surface area (Å²) in [4.78, 5) is 11.8. The van der Waals surface area contributed by atoms with E-state index in [9.17, 15) is 4.79 Å². The molecule has 0 aromatic heterocycles. The van der Waals surface area contributed by atoms with Crippen LogP contribution in [0.1, 0.15) is 38.7 Å². The Bertz CT molecular complexity index is 436. The van der Waals surface area contributed by atoms with Crippen LogP contribution < -0.4 is 0 Å². The van der Waals surface area contributed by atoms with Crippen LogP contribution in [0.4, 0.5) is 0 Å². The van der Waals surface area contributed by atoms with Crippen LogP contribution in [-0.2, 0) is 14.9 Å². The first-order chi connectivity index (χ1) is 8.55. The molecule has 18 heavy (non-hydrogen) atoms. The van der Waals surface area contributed by atoms with E-state index < -0.39 is 0 Å². The molecule has 1 saturated carbocycles. The molecule has 0 heterocycles.